The molecule has 1 atom stereocenters. The van der Waals surface area contributed by atoms with Crippen LogP contribution in [0, 0.1) is 13.8 Å². The molecule has 0 bridgehead atoms. The lowest BCUT2D eigenvalue weighted by molar-refractivity contribution is 0.666. The Morgan fingerprint density at radius 3 is 2.73 bits per heavy atom. The van der Waals surface area contributed by atoms with Gasteiger partial charge >= 0.3 is 0 Å². The van der Waals surface area contributed by atoms with Crippen molar-refractivity contribution in [3.63, 3.8) is 0 Å². The zero-order valence-corrected chi connectivity index (χ0v) is 9.98. The number of rotatable bonds is 3. The van der Waals surface area contributed by atoms with Gasteiger partial charge in [-0.05, 0) is 38.6 Å². The number of aryl methyl sites for hydroxylation is 2. The molecular formula is C11H15N3S. The van der Waals surface area contributed by atoms with Crippen molar-refractivity contribution in [2.75, 3.05) is 7.05 Å². The third kappa shape index (κ3) is 1.96. The molecule has 0 saturated carbocycles. The van der Waals surface area contributed by atoms with Crippen molar-refractivity contribution in [1.82, 2.24) is 15.5 Å². The van der Waals surface area contributed by atoms with E-state index >= 15 is 0 Å². The van der Waals surface area contributed by atoms with Gasteiger partial charge in [-0.3, -0.25) is 5.10 Å². The second kappa shape index (κ2) is 4.16. The largest absolute Gasteiger partial charge is 0.308 e. The van der Waals surface area contributed by atoms with Gasteiger partial charge in [0, 0.05) is 16.0 Å². The van der Waals surface area contributed by atoms with Crippen molar-refractivity contribution in [2.45, 2.75) is 19.9 Å². The van der Waals surface area contributed by atoms with E-state index in [1.807, 2.05) is 24.5 Å². The summed E-state index contributed by atoms with van der Waals surface area (Å²) in [5.41, 5.74) is 2.45. The minimum absolute atomic E-state index is 0.220. The number of H-pyrrole nitrogens is 1. The Hall–Kier alpha value is -1.13. The summed E-state index contributed by atoms with van der Waals surface area (Å²) in [6, 6.07) is 4.47. The topological polar surface area (TPSA) is 40.7 Å². The Morgan fingerprint density at radius 2 is 2.27 bits per heavy atom. The van der Waals surface area contributed by atoms with Gasteiger partial charge in [-0.2, -0.15) is 5.10 Å². The van der Waals surface area contributed by atoms with E-state index in [1.54, 1.807) is 6.20 Å². The van der Waals surface area contributed by atoms with Crippen LogP contribution in [0.2, 0.25) is 0 Å². The maximum atomic E-state index is 3.99. The highest BCUT2D eigenvalue weighted by atomic mass is 32.1. The first-order valence-electron chi connectivity index (χ1n) is 4.96. The van der Waals surface area contributed by atoms with Crippen LogP contribution in [0.15, 0.2) is 18.3 Å². The summed E-state index contributed by atoms with van der Waals surface area (Å²) in [6.45, 7) is 4.30. The molecule has 0 saturated heterocycles. The van der Waals surface area contributed by atoms with E-state index in [1.165, 1.54) is 15.3 Å². The van der Waals surface area contributed by atoms with Gasteiger partial charge in [0.1, 0.15) is 0 Å². The number of hydrogen-bond acceptors (Lipinski definition) is 3. The van der Waals surface area contributed by atoms with Crippen molar-refractivity contribution in [3.8, 4) is 0 Å². The van der Waals surface area contributed by atoms with Crippen LogP contribution in [0.5, 0.6) is 0 Å². The Balaban J connectivity index is 2.39. The fourth-order valence-electron chi connectivity index (χ4n) is 1.84. The predicted octanol–water partition coefficient (Wildman–Crippen LogP) is 2.40. The molecule has 0 fully saturated rings. The maximum Gasteiger partial charge on any atom is 0.0754 e. The molecule has 0 radical (unpaired) electrons. The van der Waals surface area contributed by atoms with Gasteiger partial charge in [-0.25, -0.2) is 0 Å². The van der Waals surface area contributed by atoms with Crippen molar-refractivity contribution < 1.29 is 0 Å². The number of aromatic nitrogens is 2. The Labute approximate surface area is 93.5 Å². The molecule has 0 aliphatic carbocycles. The molecule has 2 N–H and O–H groups in total. The number of hydrogen-bond donors (Lipinski definition) is 2. The van der Waals surface area contributed by atoms with Crippen molar-refractivity contribution in [3.05, 3.63) is 39.3 Å². The first-order valence-corrected chi connectivity index (χ1v) is 5.77. The average molecular weight is 221 g/mol. The van der Waals surface area contributed by atoms with Crippen LogP contribution in [0.1, 0.15) is 27.1 Å². The Bertz CT molecular complexity index is 431. The molecule has 4 heteroatoms. The van der Waals surface area contributed by atoms with Gasteiger partial charge in [0.2, 0.25) is 0 Å². The van der Waals surface area contributed by atoms with E-state index in [4.69, 9.17) is 0 Å². The fraction of sp³-hybridized carbons (Fsp3) is 0.364. The molecule has 2 aromatic rings. The molecule has 0 spiro atoms. The highest BCUT2D eigenvalue weighted by Gasteiger charge is 2.16. The molecule has 0 amide bonds. The highest BCUT2D eigenvalue weighted by molar-refractivity contribution is 7.12. The maximum absolute atomic E-state index is 3.99. The minimum atomic E-state index is 0.220. The van der Waals surface area contributed by atoms with Crippen molar-refractivity contribution in [1.29, 1.82) is 0 Å². The van der Waals surface area contributed by atoms with Crippen molar-refractivity contribution in [2.24, 2.45) is 0 Å². The fourth-order valence-corrected chi connectivity index (χ4v) is 2.81. The smallest absolute Gasteiger partial charge is 0.0754 e. The molecule has 0 aromatic carbocycles. The van der Waals surface area contributed by atoms with Gasteiger partial charge in [0.25, 0.3) is 0 Å². The van der Waals surface area contributed by atoms with E-state index in [0.29, 0.717) is 0 Å². The first kappa shape index (κ1) is 10.4. The minimum Gasteiger partial charge on any atom is -0.308 e. The molecule has 0 aliphatic rings. The second-order valence-electron chi connectivity index (χ2n) is 3.60. The molecule has 2 heterocycles. The van der Waals surface area contributed by atoms with Gasteiger partial charge in [0.05, 0.1) is 11.7 Å². The van der Waals surface area contributed by atoms with E-state index in [9.17, 15) is 0 Å². The van der Waals surface area contributed by atoms with E-state index < -0.39 is 0 Å². The molecule has 15 heavy (non-hydrogen) atoms. The first-order chi connectivity index (χ1) is 7.22. The molecule has 2 rings (SSSR count). The lowest BCUT2D eigenvalue weighted by atomic mass is 10.1. The molecule has 3 nitrogen and oxygen atoms in total. The summed E-state index contributed by atoms with van der Waals surface area (Å²) in [5.74, 6) is 0. The van der Waals surface area contributed by atoms with Crippen LogP contribution in [0.4, 0.5) is 0 Å². The van der Waals surface area contributed by atoms with Crippen molar-refractivity contribution >= 4 is 11.3 Å². The molecule has 0 aliphatic heterocycles. The third-order valence-electron chi connectivity index (χ3n) is 2.51. The SMILES string of the molecule is CNC(c1ccn[nH]1)c1cc(C)sc1C. The predicted molar refractivity (Wildman–Crippen MR) is 63.3 cm³/mol. The lowest BCUT2D eigenvalue weighted by Gasteiger charge is -2.14. The molecule has 80 valence electrons. The number of nitrogens with one attached hydrogen (secondary N) is 2. The summed E-state index contributed by atoms with van der Waals surface area (Å²) < 4.78 is 0. The monoisotopic (exact) mass is 221 g/mol. The summed E-state index contributed by atoms with van der Waals surface area (Å²) in [5, 5.41) is 10.3. The van der Waals surface area contributed by atoms with E-state index in [2.05, 4.69) is 35.4 Å². The van der Waals surface area contributed by atoms with Crippen LogP contribution in [0.25, 0.3) is 0 Å². The number of thiophene rings is 1. The number of aromatic amines is 1. The Morgan fingerprint density at radius 1 is 1.47 bits per heavy atom. The highest BCUT2D eigenvalue weighted by Crippen LogP contribution is 2.29. The summed E-state index contributed by atoms with van der Waals surface area (Å²) in [4.78, 5) is 2.71. The average Bonchev–Trinajstić information content (AvgIpc) is 2.79. The normalized spacial score (nSPS) is 13.0. The standard InChI is InChI=1S/C11H15N3S/c1-7-6-9(8(2)15-7)11(12-3)10-4-5-13-14-10/h4-6,11-12H,1-3H3,(H,13,14). The zero-order valence-electron chi connectivity index (χ0n) is 9.16. The van der Waals surface area contributed by atoms with Gasteiger partial charge in [-0.1, -0.05) is 0 Å². The lowest BCUT2D eigenvalue weighted by Crippen LogP contribution is -2.18. The molecule has 2 aromatic heterocycles. The van der Waals surface area contributed by atoms with E-state index in [-0.39, 0.29) is 6.04 Å². The zero-order chi connectivity index (χ0) is 10.8. The third-order valence-corrected chi connectivity index (χ3v) is 3.49. The molecule has 1 unspecified atom stereocenters. The summed E-state index contributed by atoms with van der Waals surface area (Å²) in [7, 11) is 1.97. The van der Waals surface area contributed by atoms with Gasteiger partial charge in [-0.15, -0.1) is 11.3 Å². The summed E-state index contributed by atoms with van der Waals surface area (Å²) in [6.07, 6.45) is 1.79. The summed E-state index contributed by atoms with van der Waals surface area (Å²) >= 11 is 1.84. The van der Waals surface area contributed by atoms with Gasteiger partial charge < -0.3 is 5.32 Å². The van der Waals surface area contributed by atoms with E-state index in [0.717, 1.165) is 5.69 Å². The van der Waals surface area contributed by atoms with Crippen LogP contribution in [0.3, 0.4) is 0 Å². The van der Waals surface area contributed by atoms with Crippen LogP contribution in [-0.2, 0) is 0 Å². The van der Waals surface area contributed by atoms with Crippen LogP contribution >= 0.6 is 11.3 Å². The number of nitrogens with zero attached hydrogens (tertiary/aromatic N) is 1. The van der Waals surface area contributed by atoms with Crippen LogP contribution in [-0.4, -0.2) is 17.2 Å². The Kier molecular flexibility index (Phi) is 2.88. The molecular weight excluding hydrogens is 206 g/mol. The quantitative estimate of drug-likeness (QED) is 0.835. The second-order valence-corrected chi connectivity index (χ2v) is 5.06. The van der Waals surface area contributed by atoms with Crippen LogP contribution < -0.4 is 5.32 Å². The van der Waals surface area contributed by atoms with Gasteiger partial charge in [0.15, 0.2) is 0 Å².